The number of carbonyl (C=O) groups is 2. The molecule has 2 N–H and O–H groups in total. The van der Waals surface area contributed by atoms with Gasteiger partial charge in [0.25, 0.3) is 15.9 Å². The summed E-state index contributed by atoms with van der Waals surface area (Å²) in [7, 11) is -4.33. The number of ether oxygens (including phenoxy) is 2. The molecule has 52 heavy (non-hydrogen) atoms. The van der Waals surface area contributed by atoms with Gasteiger partial charge in [-0.15, -0.1) is 0 Å². The van der Waals surface area contributed by atoms with Crippen molar-refractivity contribution >= 4 is 28.0 Å². The zero-order valence-electron chi connectivity index (χ0n) is 29.8. The highest BCUT2D eigenvalue weighted by molar-refractivity contribution is 7.92. The van der Waals surface area contributed by atoms with Gasteiger partial charge in [-0.2, -0.15) is 18.2 Å². The summed E-state index contributed by atoms with van der Waals surface area (Å²) < 4.78 is 85.1. The number of amides is 2. The Kier molecular flexibility index (Phi) is 9.96. The van der Waals surface area contributed by atoms with E-state index in [1.165, 1.54) is 35.2 Å². The van der Waals surface area contributed by atoms with Gasteiger partial charge in [-0.05, 0) is 109 Å². The van der Waals surface area contributed by atoms with Crippen LogP contribution < -0.4 is 14.8 Å². The van der Waals surface area contributed by atoms with E-state index in [0.29, 0.717) is 31.4 Å². The molecule has 0 saturated heterocycles. The van der Waals surface area contributed by atoms with E-state index in [1.807, 2.05) is 32.0 Å². The lowest BCUT2D eigenvalue weighted by Gasteiger charge is -2.43. The number of carbonyl (C=O) groups excluding carboxylic acids is 2. The fraction of sp³-hybridized carbons (Fsp3) is 0.514. The summed E-state index contributed by atoms with van der Waals surface area (Å²) in [6.45, 7) is 8.69. The van der Waals surface area contributed by atoms with E-state index >= 15 is 0 Å². The number of hydrogen-bond acceptors (Lipinski definition) is 8. The third kappa shape index (κ3) is 8.13. The SMILES string of the molecule is Cc1cccc(C)c1-c1cc2nc(n1)NS(=O)(=O)c1cccc(c1)C(=O)N([C@H]1CC[C@H](NC(=O)OC(C)(C)C)CC1)[C@H](CC1(C(F)(F)F)CC1)CO2. The van der Waals surface area contributed by atoms with Crippen molar-refractivity contribution in [3.8, 4) is 17.1 Å². The summed E-state index contributed by atoms with van der Waals surface area (Å²) in [4.78, 5) is 37.1. The number of anilines is 1. The van der Waals surface area contributed by atoms with Crippen LogP contribution in [0.4, 0.5) is 23.9 Å². The number of sulfonamides is 1. The number of rotatable bonds is 5. The molecule has 2 aliphatic carbocycles. The van der Waals surface area contributed by atoms with E-state index < -0.39 is 57.7 Å². The number of nitrogens with zero attached hydrogens (tertiary/aromatic N) is 3. The Bertz CT molecular complexity index is 1930. The van der Waals surface area contributed by atoms with Crippen LogP contribution in [-0.4, -0.2) is 71.8 Å². The molecule has 11 nitrogen and oxygen atoms in total. The second kappa shape index (κ2) is 13.9. The maximum Gasteiger partial charge on any atom is 0.407 e. The predicted molar refractivity (Wildman–Crippen MR) is 187 cm³/mol. The Morgan fingerprint density at radius 2 is 1.67 bits per heavy atom. The minimum absolute atomic E-state index is 0.00170. The second-order valence-corrected chi connectivity index (χ2v) is 16.8. The molecule has 4 bridgehead atoms. The normalized spacial score (nSPS) is 22.8. The van der Waals surface area contributed by atoms with Crippen molar-refractivity contribution < 1.29 is 40.7 Å². The molecule has 2 fully saturated rings. The molecule has 15 heteroatoms. The Balaban J connectivity index is 1.41. The van der Waals surface area contributed by atoms with Crippen molar-refractivity contribution in [1.29, 1.82) is 0 Å². The Morgan fingerprint density at radius 3 is 2.29 bits per heavy atom. The highest BCUT2D eigenvalue weighted by atomic mass is 32.2. The van der Waals surface area contributed by atoms with Gasteiger partial charge < -0.3 is 19.7 Å². The molecule has 2 amide bonds. The Morgan fingerprint density at radius 1 is 1.02 bits per heavy atom. The van der Waals surface area contributed by atoms with Crippen LogP contribution in [0.25, 0.3) is 11.3 Å². The van der Waals surface area contributed by atoms with E-state index in [0.717, 1.165) is 16.7 Å². The monoisotopic (exact) mass is 743 g/mol. The van der Waals surface area contributed by atoms with Crippen LogP contribution in [0, 0.1) is 19.3 Å². The van der Waals surface area contributed by atoms with Crippen LogP contribution in [-0.2, 0) is 14.8 Å². The third-order valence-corrected chi connectivity index (χ3v) is 11.3. The molecule has 280 valence electrons. The van der Waals surface area contributed by atoms with Crippen molar-refractivity contribution in [1.82, 2.24) is 20.2 Å². The molecule has 2 heterocycles. The molecule has 2 aromatic carbocycles. The van der Waals surface area contributed by atoms with Gasteiger partial charge in [-0.3, -0.25) is 4.79 Å². The number of hydrogen-bond donors (Lipinski definition) is 2. The number of benzene rings is 2. The minimum atomic E-state index is -4.51. The van der Waals surface area contributed by atoms with Crippen molar-refractivity contribution in [3.63, 3.8) is 0 Å². The van der Waals surface area contributed by atoms with Gasteiger partial charge in [0.15, 0.2) is 0 Å². The molecule has 3 aromatic rings. The first-order chi connectivity index (χ1) is 24.3. The lowest BCUT2D eigenvalue weighted by molar-refractivity contribution is -0.193. The highest BCUT2D eigenvalue weighted by Gasteiger charge is 2.64. The molecule has 1 aliphatic heterocycles. The van der Waals surface area contributed by atoms with Gasteiger partial charge in [-0.1, -0.05) is 24.3 Å². The number of alkyl halides is 3. The van der Waals surface area contributed by atoms with E-state index in [2.05, 4.69) is 20.0 Å². The first-order valence-corrected chi connectivity index (χ1v) is 18.9. The highest BCUT2D eigenvalue weighted by Crippen LogP contribution is 2.61. The molecular weight excluding hydrogens is 699 g/mol. The minimum Gasteiger partial charge on any atom is -0.475 e. The maximum absolute atomic E-state index is 14.6. The van der Waals surface area contributed by atoms with Crippen molar-refractivity contribution in [2.75, 3.05) is 11.3 Å². The van der Waals surface area contributed by atoms with Crippen LogP contribution >= 0.6 is 0 Å². The zero-order chi connectivity index (χ0) is 37.6. The van der Waals surface area contributed by atoms with Gasteiger partial charge in [0.05, 0.1) is 22.0 Å². The molecule has 1 atom stereocenters. The molecule has 0 unspecified atom stereocenters. The lowest BCUT2D eigenvalue weighted by Crippen LogP contribution is -2.54. The summed E-state index contributed by atoms with van der Waals surface area (Å²) in [6, 6.07) is 10.7. The van der Waals surface area contributed by atoms with Crippen LogP contribution in [0.3, 0.4) is 0 Å². The van der Waals surface area contributed by atoms with Gasteiger partial charge in [0.2, 0.25) is 11.8 Å². The topological polar surface area (TPSA) is 140 Å². The molecule has 0 radical (unpaired) electrons. The fourth-order valence-electron chi connectivity index (χ4n) is 7.24. The predicted octanol–water partition coefficient (Wildman–Crippen LogP) is 7.33. The standard InChI is InChI=1S/C37H44F3N5O6S/c1-22-8-6-9-23(2)31(22)29-19-30-43-33(42-29)44-52(48,49)28-11-7-10-24(18-28)32(46)45(27(21-50-30)20-36(16-17-36)37(38,39)40)26-14-12-25(13-15-26)41-34(47)51-35(3,4)5/h6-11,18-19,25-27H,12-17,20-21H2,1-5H3,(H,41,47)(H,42,43,44)/t25-,26-,27-/m1/s1. The zero-order valence-corrected chi connectivity index (χ0v) is 30.7. The summed E-state index contributed by atoms with van der Waals surface area (Å²) in [5.74, 6) is -0.958. The molecule has 3 aliphatic rings. The Labute approximate surface area is 301 Å². The first kappa shape index (κ1) is 37.4. The maximum atomic E-state index is 14.6. The summed E-state index contributed by atoms with van der Waals surface area (Å²) in [5, 5.41) is 2.87. The fourth-order valence-corrected chi connectivity index (χ4v) is 8.23. The average molecular weight is 744 g/mol. The van der Waals surface area contributed by atoms with Crippen LogP contribution in [0.1, 0.15) is 87.2 Å². The van der Waals surface area contributed by atoms with E-state index in [9.17, 15) is 31.2 Å². The van der Waals surface area contributed by atoms with Gasteiger partial charge in [0, 0.05) is 29.3 Å². The van der Waals surface area contributed by atoms with E-state index in [1.54, 1.807) is 20.8 Å². The average Bonchev–Trinajstić information content (AvgIpc) is 3.84. The Hall–Kier alpha value is -4.40. The second-order valence-electron chi connectivity index (χ2n) is 15.1. The first-order valence-electron chi connectivity index (χ1n) is 17.4. The summed E-state index contributed by atoms with van der Waals surface area (Å²) in [5.41, 5.74) is 0.111. The van der Waals surface area contributed by atoms with Crippen LogP contribution in [0.15, 0.2) is 53.4 Å². The number of alkyl carbamates (subject to hydrolysis) is 1. The molecular formula is C37H44F3N5O6S. The van der Waals surface area contributed by atoms with E-state index in [4.69, 9.17) is 9.47 Å². The number of halogens is 3. The third-order valence-electron chi connectivity index (χ3n) is 10.0. The number of aryl methyl sites for hydroxylation is 2. The number of nitrogens with one attached hydrogen (secondary N) is 2. The van der Waals surface area contributed by atoms with Gasteiger partial charge >= 0.3 is 12.3 Å². The van der Waals surface area contributed by atoms with Gasteiger partial charge in [-0.25, -0.2) is 22.9 Å². The number of aromatic nitrogens is 2. The summed E-state index contributed by atoms with van der Waals surface area (Å²) in [6.07, 6.45) is -4.01. The quantitative estimate of drug-likeness (QED) is 0.277. The molecule has 6 rings (SSSR count). The van der Waals surface area contributed by atoms with Gasteiger partial charge in [0.1, 0.15) is 12.2 Å². The van der Waals surface area contributed by atoms with Crippen molar-refractivity contribution in [2.45, 2.75) is 114 Å². The number of fused-ring (bicyclic) bond motifs is 4. The molecule has 0 spiro atoms. The van der Waals surface area contributed by atoms with Crippen molar-refractivity contribution in [2.24, 2.45) is 5.41 Å². The van der Waals surface area contributed by atoms with Crippen molar-refractivity contribution in [3.05, 3.63) is 65.2 Å². The summed E-state index contributed by atoms with van der Waals surface area (Å²) >= 11 is 0. The largest absolute Gasteiger partial charge is 0.475 e. The smallest absolute Gasteiger partial charge is 0.407 e. The van der Waals surface area contributed by atoms with E-state index in [-0.39, 0.29) is 47.8 Å². The van der Waals surface area contributed by atoms with Crippen LogP contribution in [0.5, 0.6) is 5.88 Å². The molecule has 1 aromatic heterocycles. The van der Waals surface area contributed by atoms with Crippen LogP contribution in [0.2, 0.25) is 0 Å². The molecule has 2 saturated carbocycles. The lowest BCUT2D eigenvalue weighted by atomic mass is 9.87.